The van der Waals surface area contributed by atoms with Crippen LogP contribution in [-0.2, 0) is 21.2 Å². The van der Waals surface area contributed by atoms with Gasteiger partial charge in [-0.05, 0) is 29.7 Å². The van der Waals surface area contributed by atoms with Gasteiger partial charge in [-0.25, -0.2) is 8.42 Å². The van der Waals surface area contributed by atoms with Crippen LogP contribution in [0.3, 0.4) is 0 Å². The van der Waals surface area contributed by atoms with Crippen LogP contribution in [0.1, 0.15) is 6.42 Å². The molecule has 1 heterocycles. The van der Waals surface area contributed by atoms with E-state index >= 15 is 0 Å². The van der Waals surface area contributed by atoms with Crippen LogP contribution in [0.5, 0.6) is 0 Å². The number of hydrogen-bond donors (Lipinski definition) is 2. The van der Waals surface area contributed by atoms with Crippen molar-refractivity contribution in [3.8, 4) is 0 Å². The number of aryl methyl sites for hydroxylation is 1. The molecule has 10 heteroatoms. The van der Waals surface area contributed by atoms with E-state index in [4.69, 9.17) is 0 Å². The van der Waals surface area contributed by atoms with Crippen molar-refractivity contribution in [1.29, 1.82) is 0 Å². The number of carbonyl (C=O) groups excluding carboxylic acids is 1. The monoisotopic (exact) mass is 430 g/mol. The van der Waals surface area contributed by atoms with E-state index in [9.17, 15) is 23.3 Å². The molecule has 0 radical (unpaired) electrons. The lowest BCUT2D eigenvalue weighted by atomic mass is 10.2. The third kappa shape index (κ3) is 5.15. The highest BCUT2D eigenvalue weighted by molar-refractivity contribution is 7.90. The number of para-hydroxylation sites is 1. The fraction of sp³-hybridized carbons (Fsp3) is 0.250. The van der Waals surface area contributed by atoms with Crippen LogP contribution in [0.4, 0.5) is 11.4 Å². The first-order valence-corrected chi connectivity index (χ1v) is 11.2. The van der Waals surface area contributed by atoms with Crippen molar-refractivity contribution in [3.63, 3.8) is 0 Å². The predicted molar refractivity (Wildman–Crippen MR) is 114 cm³/mol. The molecule has 0 spiro atoms. The average Bonchev–Trinajstić information content (AvgIpc) is 3.12. The second-order valence-corrected chi connectivity index (χ2v) is 8.82. The Morgan fingerprint density at radius 1 is 1.13 bits per heavy atom. The molecule has 0 unspecified atom stereocenters. The number of sulfone groups is 1. The van der Waals surface area contributed by atoms with Gasteiger partial charge in [0.15, 0.2) is 9.84 Å². The van der Waals surface area contributed by atoms with Gasteiger partial charge in [-0.1, -0.05) is 18.2 Å². The molecule has 0 saturated carbocycles. The maximum absolute atomic E-state index is 12.1. The Labute approximate surface area is 173 Å². The van der Waals surface area contributed by atoms with Crippen molar-refractivity contribution in [3.05, 3.63) is 64.8 Å². The molecule has 1 amide bonds. The molecule has 0 atom stereocenters. The van der Waals surface area contributed by atoms with Crippen LogP contribution in [0.15, 0.2) is 59.6 Å². The van der Waals surface area contributed by atoms with E-state index in [1.165, 1.54) is 12.1 Å². The van der Waals surface area contributed by atoms with E-state index in [1.807, 2.05) is 41.1 Å². The van der Waals surface area contributed by atoms with Gasteiger partial charge in [-0.15, -0.1) is 0 Å². The summed E-state index contributed by atoms with van der Waals surface area (Å²) in [5.74, 6) is -0.128. The van der Waals surface area contributed by atoms with Crippen LogP contribution in [0, 0.1) is 10.1 Å². The fourth-order valence-corrected chi connectivity index (χ4v) is 3.73. The quantitative estimate of drug-likeness (QED) is 0.305. The van der Waals surface area contributed by atoms with Crippen molar-refractivity contribution < 1.29 is 18.1 Å². The zero-order valence-corrected chi connectivity index (χ0v) is 17.2. The van der Waals surface area contributed by atoms with Crippen molar-refractivity contribution in [2.45, 2.75) is 17.9 Å². The Balaban J connectivity index is 1.49. The fourth-order valence-electron chi connectivity index (χ4n) is 3.09. The molecule has 2 aromatic carbocycles. The zero-order valence-electron chi connectivity index (χ0n) is 16.4. The number of anilines is 1. The van der Waals surface area contributed by atoms with Crippen LogP contribution in [0.2, 0.25) is 0 Å². The molecule has 0 aliphatic rings. The van der Waals surface area contributed by atoms with Crippen LogP contribution in [-0.4, -0.2) is 43.2 Å². The maximum atomic E-state index is 12.1. The van der Waals surface area contributed by atoms with E-state index in [1.54, 1.807) is 0 Å². The number of nitrogens with one attached hydrogen (secondary N) is 2. The Morgan fingerprint density at radius 3 is 2.63 bits per heavy atom. The van der Waals surface area contributed by atoms with Gasteiger partial charge in [0.1, 0.15) is 5.69 Å². The largest absolute Gasteiger partial charge is 0.378 e. The Morgan fingerprint density at radius 2 is 1.90 bits per heavy atom. The van der Waals surface area contributed by atoms with Gasteiger partial charge in [0.05, 0.1) is 9.82 Å². The molecule has 0 aliphatic carbocycles. The molecule has 3 rings (SSSR count). The molecule has 30 heavy (non-hydrogen) atoms. The summed E-state index contributed by atoms with van der Waals surface area (Å²) < 4.78 is 25.2. The summed E-state index contributed by atoms with van der Waals surface area (Å²) >= 11 is 0. The van der Waals surface area contributed by atoms with Crippen molar-refractivity contribution >= 4 is 38.0 Å². The lowest BCUT2D eigenvalue weighted by Crippen LogP contribution is -2.29. The Kier molecular flexibility index (Phi) is 6.36. The van der Waals surface area contributed by atoms with Gasteiger partial charge < -0.3 is 15.2 Å². The van der Waals surface area contributed by atoms with Crippen LogP contribution >= 0.6 is 0 Å². The van der Waals surface area contributed by atoms with Gasteiger partial charge in [0, 0.05) is 50.1 Å². The number of amides is 1. The van der Waals surface area contributed by atoms with E-state index in [0.717, 1.165) is 23.2 Å². The number of rotatable bonds is 9. The summed E-state index contributed by atoms with van der Waals surface area (Å²) in [5.41, 5.74) is 0.931. The molecular weight excluding hydrogens is 408 g/mol. The minimum absolute atomic E-state index is 0.120. The summed E-state index contributed by atoms with van der Waals surface area (Å²) in [4.78, 5) is 22.6. The van der Waals surface area contributed by atoms with Gasteiger partial charge in [0.2, 0.25) is 5.91 Å². The molecule has 1 aromatic heterocycles. The number of hydrogen-bond acceptors (Lipinski definition) is 6. The standard InChI is InChI=1S/C20H22N4O5S/c1-30(28,29)16-6-7-17(19(14-16)24(26)27)21-10-11-22-20(25)9-13-23-12-8-15-4-2-3-5-18(15)23/h2-8,12,14,21H,9-11,13H2,1H3,(H,22,25). The molecular formula is C20H22N4O5S. The van der Waals surface area contributed by atoms with Crippen molar-refractivity contribution in [1.82, 2.24) is 9.88 Å². The number of carbonyl (C=O) groups is 1. The first-order chi connectivity index (χ1) is 14.3. The average molecular weight is 430 g/mol. The van der Waals surface area contributed by atoms with Gasteiger partial charge in [-0.3, -0.25) is 14.9 Å². The number of nitro benzene ring substituents is 1. The lowest BCUT2D eigenvalue weighted by Gasteiger charge is -2.10. The molecule has 0 saturated heterocycles. The molecule has 3 aromatic rings. The van der Waals surface area contributed by atoms with Crippen molar-refractivity contribution in [2.75, 3.05) is 24.7 Å². The first-order valence-electron chi connectivity index (χ1n) is 9.28. The third-order valence-electron chi connectivity index (χ3n) is 4.62. The van der Waals surface area contributed by atoms with Gasteiger partial charge in [-0.2, -0.15) is 0 Å². The number of nitro groups is 1. The lowest BCUT2D eigenvalue weighted by molar-refractivity contribution is -0.384. The Hall–Kier alpha value is -3.40. The second kappa shape index (κ2) is 8.95. The van der Waals surface area contributed by atoms with Gasteiger partial charge in [0.25, 0.3) is 5.69 Å². The maximum Gasteiger partial charge on any atom is 0.293 e. The third-order valence-corrected chi connectivity index (χ3v) is 5.73. The summed E-state index contributed by atoms with van der Waals surface area (Å²) in [6, 6.07) is 13.6. The van der Waals surface area contributed by atoms with Crippen LogP contribution in [0.25, 0.3) is 10.9 Å². The smallest absolute Gasteiger partial charge is 0.293 e. The van der Waals surface area contributed by atoms with E-state index in [0.29, 0.717) is 13.0 Å². The zero-order chi connectivity index (χ0) is 21.7. The highest BCUT2D eigenvalue weighted by Crippen LogP contribution is 2.27. The highest BCUT2D eigenvalue weighted by Gasteiger charge is 2.18. The minimum atomic E-state index is -3.54. The minimum Gasteiger partial charge on any atom is -0.378 e. The second-order valence-electron chi connectivity index (χ2n) is 6.80. The summed E-state index contributed by atoms with van der Waals surface area (Å²) in [7, 11) is -3.54. The van der Waals surface area contributed by atoms with E-state index in [2.05, 4.69) is 10.6 Å². The molecule has 2 N–H and O–H groups in total. The molecule has 9 nitrogen and oxygen atoms in total. The van der Waals surface area contributed by atoms with E-state index in [-0.39, 0.29) is 35.3 Å². The number of nitrogens with zero attached hydrogens (tertiary/aromatic N) is 2. The number of fused-ring (bicyclic) bond motifs is 1. The molecule has 0 fully saturated rings. The van der Waals surface area contributed by atoms with Crippen molar-refractivity contribution in [2.24, 2.45) is 0 Å². The summed E-state index contributed by atoms with van der Waals surface area (Å²) in [6.45, 7) is 1.08. The highest BCUT2D eigenvalue weighted by atomic mass is 32.2. The molecule has 0 bridgehead atoms. The van der Waals surface area contributed by atoms with Crippen LogP contribution < -0.4 is 10.6 Å². The predicted octanol–water partition coefficient (Wildman–Crippen LogP) is 2.57. The number of benzene rings is 2. The Bertz CT molecular complexity index is 1190. The van der Waals surface area contributed by atoms with E-state index < -0.39 is 14.8 Å². The summed E-state index contributed by atoms with van der Waals surface area (Å²) in [5, 5.41) is 18.0. The SMILES string of the molecule is CS(=O)(=O)c1ccc(NCCNC(=O)CCn2ccc3ccccc32)c([N+](=O)[O-])c1. The first kappa shape index (κ1) is 21.3. The van der Waals surface area contributed by atoms with Gasteiger partial charge >= 0.3 is 0 Å². The number of aromatic nitrogens is 1. The molecule has 0 aliphatic heterocycles. The summed E-state index contributed by atoms with van der Waals surface area (Å²) in [6.07, 6.45) is 3.24. The normalized spacial score (nSPS) is 11.4. The molecule has 158 valence electrons. The topological polar surface area (TPSA) is 123 Å².